The van der Waals surface area contributed by atoms with Crippen molar-refractivity contribution in [2.24, 2.45) is 0 Å². The van der Waals surface area contributed by atoms with Crippen molar-refractivity contribution in [3.05, 3.63) is 48.6 Å². The van der Waals surface area contributed by atoms with Gasteiger partial charge in [-0.15, -0.1) is 0 Å². The lowest BCUT2D eigenvalue weighted by Crippen LogP contribution is -2.60. The van der Waals surface area contributed by atoms with Gasteiger partial charge in [-0.2, -0.15) is 0 Å². The van der Waals surface area contributed by atoms with Crippen LogP contribution in [0.3, 0.4) is 0 Å². The number of carbonyl (C=O) groups excluding carboxylic acids is 1. The van der Waals surface area contributed by atoms with Gasteiger partial charge in [0.1, 0.15) is 24.4 Å². The lowest BCUT2D eigenvalue weighted by atomic mass is 9.99. The number of amides is 1. The highest BCUT2D eigenvalue weighted by Gasteiger charge is 2.44. The summed E-state index contributed by atoms with van der Waals surface area (Å²) in [5.41, 5.74) is 0. The average Bonchev–Trinajstić information content (AvgIpc) is 3.39. The minimum atomic E-state index is -1.57. The van der Waals surface area contributed by atoms with Gasteiger partial charge >= 0.3 is 0 Å². The molecule has 7 atom stereocenters. The molecule has 0 radical (unpaired) electrons. The largest absolute Gasteiger partial charge is 0.394 e. The third-order valence-electron chi connectivity index (χ3n) is 14.9. The van der Waals surface area contributed by atoms with Gasteiger partial charge in [-0.1, -0.05) is 274 Å². The van der Waals surface area contributed by atoms with Gasteiger partial charge in [0.25, 0.3) is 0 Å². The fraction of sp³-hybridized carbons (Fsp3) is 0.859. The number of nitrogens with one attached hydrogen (secondary N) is 1. The molecule has 0 aromatic carbocycles. The molecular formula is C64H119NO8. The van der Waals surface area contributed by atoms with Gasteiger partial charge in [-0.25, -0.2) is 0 Å². The standard InChI is InChI=1S/C64H119NO8/c1-3-5-7-9-11-13-15-17-19-21-22-23-24-25-26-27-28-29-30-31-32-33-34-35-36-38-40-42-44-46-48-50-52-54-60(68)65-57(56-72-64-63(71)62(70)61(69)59(55-66)73-64)58(67)53-51-49-47-45-43-41-39-37-20-18-16-14-12-10-8-6-4-2/h22-23,25-26,43,45,51,53,57-59,61-64,66-67,69-71H,3-21,24,27-42,44,46-50,52,54-56H2,1-2H3,(H,65,68)/b23-22-,26-25-,45-43+,53-51+. The first-order valence-electron chi connectivity index (χ1n) is 31.4. The smallest absolute Gasteiger partial charge is 0.220 e. The first-order valence-corrected chi connectivity index (χ1v) is 31.4. The number of aliphatic hydroxyl groups is 5. The zero-order valence-corrected chi connectivity index (χ0v) is 47.6. The van der Waals surface area contributed by atoms with E-state index in [9.17, 15) is 30.3 Å². The van der Waals surface area contributed by atoms with Crippen molar-refractivity contribution < 1.29 is 39.8 Å². The van der Waals surface area contributed by atoms with Crippen molar-refractivity contribution in [1.29, 1.82) is 0 Å². The quantitative estimate of drug-likeness (QED) is 0.0261. The van der Waals surface area contributed by atoms with Crippen molar-refractivity contribution >= 4 is 5.91 Å². The number of hydrogen-bond acceptors (Lipinski definition) is 8. The first kappa shape index (κ1) is 69.2. The summed E-state index contributed by atoms with van der Waals surface area (Å²) in [5.74, 6) is -0.184. The maximum atomic E-state index is 13.1. The fourth-order valence-electron chi connectivity index (χ4n) is 9.91. The topological polar surface area (TPSA) is 149 Å². The lowest BCUT2D eigenvalue weighted by Gasteiger charge is -2.40. The van der Waals surface area contributed by atoms with Crippen LogP contribution in [0.15, 0.2) is 48.6 Å². The SMILES string of the molecule is CCCCCCCCCCC/C=C\C/C=C\CCCCCCCCCCCCCCCCCCCC(=O)NC(COC1OC(CO)C(O)C(O)C1O)C(O)/C=C/CC/C=C/CCCCCCCCCCCCC. The van der Waals surface area contributed by atoms with Crippen LogP contribution in [0.25, 0.3) is 0 Å². The molecule has 1 amide bonds. The molecule has 428 valence electrons. The predicted molar refractivity (Wildman–Crippen MR) is 309 cm³/mol. The van der Waals surface area contributed by atoms with E-state index in [1.165, 1.54) is 231 Å². The minimum absolute atomic E-state index is 0.184. The first-order chi connectivity index (χ1) is 35.8. The van der Waals surface area contributed by atoms with E-state index in [4.69, 9.17) is 9.47 Å². The van der Waals surface area contributed by atoms with E-state index in [0.717, 1.165) is 44.9 Å². The Bertz CT molecular complexity index is 1290. The Hall–Kier alpha value is -1.85. The van der Waals surface area contributed by atoms with Crippen molar-refractivity contribution in [2.45, 2.75) is 339 Å². The molecule has 0 bridgehead atoms. The monoisotopic (exact) mass is 1030 g/mol. The highest BCUT2D eigenvalue weighted by atomic mass is 16.7. The Kier molecular flexibility index (Phi) is 50.7. The summed E-state index contributed by atoms with van der Waals surface area (Å²) in [6.45, 7) is 3.79. The van der Waals surface area contributed by atoms with Crippen molar-refractivity contribution in [3.63, 3.8) is 0 Å². The van der Waals surface area contributed by atoms with Gasteiger partial charge in [0, 0.05) is 6.42 Å². The molecule has 0 saturated carbocycles. The number of hydrogen-bond donors (Lipinski definition) is 6. The van der Waals surface area contributed by atoms with Crippen LogP contribution >= 0.6 is 0 Å². The highest BCUT2D eigenvalue weighted by Crippen LogP contribution is 2.23. The van der Waals surface area contributed by atoms with Crippen molar-refractivity contribution in [2.75, 3.05) is 13.2 Å². The van der Waals surface area contributed by atoms with E-state index in [2.05, 4.69) is 55.6 Å². The van der Waals surface area contributed by atoms with Crippen LogP contribution in [0.5, 0.6) is 0 Å². The molecule has 9 nitrogen and oxygen atoms in total. The van der Waals surface area contributed by atoms with Crippen molar-refractivity contribution in [1.82, 2.24) is 5.32 Å². The summed E-state index contributed by atoms with van der Waals surface area (Å²) in [4.78, 5) is 13.1. The summed E-state index contributed by atoms with van der Waals surface area (Å²) in [7, 11) is 0. The van der Waals surface area contributed by atoms with E-state index < -0.39 is 49.5 Å². The van der Waals surface area contributed by atoms with Gasteiger partial charge in [0.2, 0.25) is 5.91 Å². The number of unbranched alkanes of at least 4 members (excludes halogenated alkanes) is 38. The summed E-state index contributed by atoms with van der Waals surface area (Å²) in [6.07, 6.45) is 64.9. The van der Waals surface area contributed by atoms with Crippen LogP contribution in [0.1, 0.15) is 296 Å². The molecule has 6 N–H and O–H groups in total. The van der Waals surface area contributed by atoms with E-state index in [1.54, 1.807) is 6.08 Å². The van der Waals surface area contributed by atoms with E-state index >= 15 is 0 Å². The molecule has 0 aromatic rings. The number of ether oxygens (including phenoxy) is 2. The van der Waals surface area contributed by atoms with E-state index in [-0.39, 0.29) is 12.5 Å². The van der Waals surface area contributed by atoms with Gasteiger partial charge in [0.15, 0.2) is 6.29 Å². The molecule has 0 aromatic heterocycles. The van der Waals surface area contributed by atoms with E-state index in [0.29, 0.717) is 6.42 Å². The molecule has 73 heavy (non-hydrogen) atoms. The number of carbonyl (C=O) groups is 1. The van der Waals surface area contributed by atoms with Crippen LogP contribution in [0.2, 0.25) is 0 Å². The van der Waals surface area contributed by atoms with Crippen LogP contribution < -0.4 is 5.32 Å². The lowest BCUT2D eigenvalue weighted by molar-refractivity contribution is -0.302. The molecule has 7 unspecified atom stereocenters. The van der Waals surface area contributed by atoms with Crippen LogP contribution in [-0.2, 0) is 14.3 Å². The molecule has 0 aliphatic carbocycles. The third-order valence-corrected chi connectivity index (χ3v) is 14.9. The Morgan fingerprint density at radius 3 is 1.23 bits per heavy atom. The van der Waals surface area contributed by atoms with Gasteiger partial charge < -0.3 is 40.3 Å². The molecule has 1 saturated heterocycles. The highest BCUT2D eigenvalue weighted by molar-refractivity contribution is 5.76. The normalized spacial score (nSPS) is 19.4. The van der Waals surface area contributed by atoms with Crippen LogP contribution in [0.4, 0.5) is 0 Å². The number of allylic oxidation sites excluding steroid dienone is 7. The Morgan fingerprint density at radius 2 is 0.822 bits per heavy atom. The molecule has 9 heteroatoms. The van der Waals surface area contributed by atoms with Crippen LogP contribution in [-0.4, -0.2) is 87.5 Å². The Morgan fingerprint density at radius 1 is 0.466 bits per heavy atom. The van der Waals surface area contributed by atoms with E-state index in [1.807, 2.05) is 6.08 Å². The number of rotatable bonds is 54. The third kappa shape index (κ3) is 42.9. The van der Waals surface area contributed by atoms with Crippen LogP contribution in [0, 0.1) is 0 Å². The molecule has 1 heterocycles. The maximum absolute atomic E-state index is 13.1. The molecule has 0 spiro atoms. The minimum Gasteiger partial charge on any atom is -0.394 e. The summed E-state index contributed by atoms with van der Waals surface area (Å²) < 4.78 is 11.3. The summed E-state index contributed by atoms with van der Waals surface area (Å²) in [6, 6.07) is -0.822. The Labute approximate surface area is 450 Å². The molecular weight excluding hydrogens is 911 g/mol. The molecule has 1 aliphatic heterocycles. The second kappa shape index (κ2) is 53.5. The molecule has 1 rings (SSSR count). The average molecular weight is 1030 g/mol. The number of aliphatic hydroxyl groups excluding tert-OH is 5. The Balaban J connectivity index is 2.14. The van der Waals surface area contributed by atoms with Gasteiger partial charge in [-0.05, 0) is 64.2 Å². The summed E-state index contributed by atoms with van der Waals surface area (Å²) >= 11 is 0. The maximum Gasteiger partial charge on any atom is 0.220 e. The van der Waals surface area contributed by atoms with Crippen molar-refractivity contribution in [3.8, 4) is 0 Å². The predicted octanol–water partition coefficient (Wildman–Crippen LogP) is 16.1. The second-order valence-electron chi connectivity index (χ2n) is 21.8. The van der Waals surface area contributed by atoms with Gasteiger partial charge in [-0.3, -0.25) is 4.79 Å². The zero-order chi connectivity index (χ0) is 52.9. The summed E-state index contributed by atoms with van der Waals surface area (Å²) in [5, 5.41) is 54.5. The van der Waals surface area contributed by atoms with Gasteiger partial charge in [0.05, 0.1) is 25.4 Å². The second-order valence-corrected chi connectivity index (χ2v) is 21.8. The molecule has 1 aliphatic rings. The molecule has 1 fully saturated rings. The fourth-order valence-corrected chi connectivity index (χ4v) is 9.91. The zero-order valence-electron chi connectivity index (χ0n) is 47.6.